The topological polar surface area (TPSA) is 20.2 Å². The Morgan fingerprint density at radius 3 is 2.69 bits per heavy atom. The predicted molar refractivity (Wildman–Crippen MR) is 56.6 cm³/mol. The third-order valence-electron chi connectivity index (χ3n) is 2.73. The van der Waals surface area contributed by atoms with Crippen molar-refractivity contribution in [3.8, 4) is 0 Å². The van der Waals surface area contributed by atoms with E-state index in [2.05, 4.69) is 12.2 Å². The molecule has 1 aliphatic carbocycles. The van der Waals surface area contributed by atoms with Crippen LogP contribution in [0.1, 0.15) is 52.4 Å². The second-order valence-electron chi connectivity index (χ2n) is 4.82. The van der Waals surface area contributed by atoms with Crippen LogP contribution >= 0.6 is 0 Å². The molecule has 0 aromatic rings. The Hall–Kier alpha value is -0.300. The molecule has 0 radical (unpaired) electrons. The molecule has 0 heterocycles. The van der Waals surface area contributed by atoms with Gasteiger partial charge in [0, 0.05) is 0 Å². The van der Waals surface area contributed by atoms with Crippen LogP contribution in [0.15, 0.2) is 12.2 Å². The number of hydrogen-bond acceptors (Lipinski definition) is 1. The fraction of sp³-hybridized carbons (Fsp3) is 0.833. The highest BCUT2D eigenvalue weighted by Crippen LogP contribution is 2.23. The van der Waals surface area contributed by atoms with E-state index < -0.39 is 5.60 Å². The summed E-state index contributed by atoms with van der Waals surface area (Å²) in [5, 5.41) is 9.50. The van der Waals surface area contributed by atoms with Gasteiger partial charge in [-0.3, -0.25) is 0 Å². The van der Waals surface area contributed by atoms with Gasteiger partial charge in [0.25, 0.3) is 0 Å². The van der Waals surface area contributed by atoms with Crippen LogP contribution in [0.5, 0.6) is 0 Å². The maximum absolute atomic E-state index is 9.50. The smallest absolute Gasteiger partial charge is 0.0591 e. The highest BCUT2D eigenvalue weighted by molar-refractivity contribution is 4.95. The molecule has 0 amide bonds. The highest BCUT2D eigenvalue weighted by Gasteiger charge is 2.13. The van der Waals surface area contributed by atoms with Gasteiger partial charge in [-0.1, -0.05) is 25.0 Å². The normalized spacial score (nSPS) is 22.5. The fourth-order valence-corrected chi connectivity index (χ4v) is 1.90. The Labute approximate surface area is 81.9 Å². The first-order chi connectivity index (χ1) is 6.08. The van der Waals surface area contributed by atoms with Crippen LogP contribution in [0.25, 0.3) is 0 Å². The molecule has 0 aromatic heterocycles. The van der Waals surface area contributed by atoms with Gasteiger partial charge in [0.1, 0.15) is 0 Å². The van der Waals surface area contributed by atoms with Gasteiger partial charge in [-0.2, -0.15) is 0 Å². The van der Waals surface area contributed by atoms with E-state index in [1.807, 2.05) is 13.8 Å². The van der Waals surface area contributed by atoms with Gasteiger partial charge in [0.05, 0.1) is 5.60 Å². The first kappa shape index (κ1) is 10.8. The number of rotatable bonds is 5. The van der Waals surface area contributed by atoms with Crippen molar-refractivity contribution in [3.05, 3.63) is 12.2 Å². The summed E-state index contributed by atoms with van der Waals surface area (Å²) in [4.78, 5) is 0. The molecule has 1 nitrogen and oxygen atoms in total. The molecule has 1 aliphatic rings. The molecule has 0 spiro atoms. The summed E-state index contributed by atoms with van der Waals surface area (Å²) in [6.07, 6.45) is 11.9. The Morgan fingerprint density at radius 1 is 1.38 bits per heavy atom. The fourth-order valence-electron chi connectivity index (χ4n) is 1.90. The van der Waals surface area contributed by atoms with E-state index in [1.165, 1.54) is 25.7 Å². The van der Waals surface area contributed by atoms with Crippen molar-refractivity contribution < 1.29 is 5.11 Å². The molecular formula is C12H22O. The minimum atomic E-state index is -0.467. The molecule has 1 N–H and O–H groups in total. The van der Waals surface area contributed by atoms with Gasteiger partial charge in [0.15, 0.2) is 0 Å². The van der Waals surface area contributed by atoms with Crippen LogP contribution in [0.3, 0.4) is 0 Å². The van der Waals surface area contributed by atoms with Gasteiger partial charge in [-0.15, -0.1) is 0 Å². The summed E-state index contributed by atoms with van der Waals surface area (Å²) in [5.74, 6) is 0.835. The third kappa shape index (κ3) is 5.09. The minimum absolute atomic E-state index is 0.467. The first-order valence-electron chi connectivity index (χ1n) is 5.47. The molecule has 1 unspecified atom stereocenters. The number of hydrogen-bond donors (Lipinski definition) is 1. The lowest BCUT2D eigenvalue weighted by molar-refractivity contribution is 0.0678. The molecule has 1 rings (SSSR count). The molecule has 0 bridgehead atoms. The second kappa shape index (κ2) is 4.80. The SMILES string of the molecule is CC(C)(O)CCCCC1C=CCC1. The monoisotopic (exact) mass is 182 g/mol. The van der Waals surface area contributed by atoms with E-state index in [-0.39, 0.29) is 0 Å². The average molecular weight is 182 g/mol. The van der Waals surface area contributed by atoms with Crippen molar-refractivity contribution in [1.29, 1.82) is 0 Å². The van der Waals surface area contributed by atoms with Crippen molar-refractivity contribution in [2.75, 3.05) is 0 Å². The van der Waals surface area contributed by atoms with Gasteiger partial charge in [0.2, 0.25) is 0 Å². The van der Waals surface area contributed by atoms with Gasteiger partial charge in [-0.05, 0) is 45.4 Å². The lowest BCUT2D eigenvalue weighted by Gasteiger charge is -2.16. The molecule has 0 saturated heterocycles. The van der Waals surface area contributed by atoms with Crippen molar-refractivity contribution in [1.82, 2.24) is 0 Å². The summed E-state index contributed by atoms with van der Waals surface area (Å²) in [7, 11) is 0. The van der Waals surface area contributed by atoms with Gasteiger partial charge >= 0.3 is 0 Å². The molecule has 0 fully saturated rings. The van der Waals surface area contributed by atoms with Crippen molar-refractivity contribution >= 4 is 0 Å². The minimum Gasteiger partial charge on any atom is -0.390 e. The van der Waals surface area contributed by atoms with Crippen molar-refractivity contribution in [3.63, 3.8) is 0 Å². The highest BCUT2D eigenvalue weighted by atomic mass is 16.3. The van der Waals surface area contributed by atoms with Crippen molar-refractivity contribution in [2.24, 2.45) is 5.92 Å². The van der Waals surface area contributed by atoms with Crippen molar-refractivity contribution in [2.45, 2.75) is 58.0 Å². The van der Waals surface area contributed by atoms with E-state index in [0.29, 0.717) is 0 Å². The molecule has 0 saturated carbocycles. The molecule has 1 atom stereocenters. The zero-order valence-corrected chi connectivity index (χ0v) is 8.92. The summed E-state index contributed by atoms with van der Waals surface area (Å²) in [5.41, 5.74) is -0.467. The van der Waals surface area contributed by atoms with E-state index >= 15 is 0 Å². The molecule has 13 heavy (non-hydrogen) atoms. The van der Waals surface area contributed by atoms with Crippen LogP contribution in [-0.4, -0.2) is 10.7 Å². The van der Waals surface area contributed by atoms with Crippen LogP contribution in [0, 0.1) is 5.92 Å². The zero-order valence-electron chi connectivity index (χ0n) is 8.92. The molecule has 0 aromatic carbocycles. The zero-order chi connectivity index (χ0) is 9.73. The standard InChI is InChI=1S/C12H22O/c1-12(2,13)10-6-5-9-11-7-3-4-8-11/h3,7,11,13H,4-6,8-10H2,1-2H3. The van der Waals surface area contributed by atoms with Crippen LogP contribution in [0.4, 0.5) is 0 Å². The summed E-state index contributed by atoms with van der Waals surface area (Å²) < 4.78 is 0. The quantitative estimate of drug-likeness (QED) is 0.511. The van der Waals surface area contributed by atoms with E-state index in [4.69, 9.17) is 0 Å². The number of aliphatic hydroxyl groups is 1. The van der Waals surface area contributed by atoms with Crippen LogP contribution in [-0.2, 0) is 0 Å². The molecule has 0 aliphatic heterocycles. The lowest BCUT2D eigenvalue weighted by Crippen LogP contribution is -2.17. The molecule has 76 valence electrons. The average Bonchev–Trinajstić information content (AvgIpc) is 2.48. The van der Waals surface area contributed by atoms with E-state index in [9.17, 15) is 5.11 Å². The third-order valence-corrected chi connectivity index (χ3v) is 2.73. The van der Waals surface area contributed by atoms with Crippen LogP contribution < -0.4 is 0 Å². The van der Waals surface area contributed by atoms with Gasteiger partial charge in [-0.25, -0.2) is 0 Å². The summed E-state index contributed by atoms with van der Waals surface area (Å²) in [6, 6.07) is 0. The predicted octanol–water partition coefficient (Wildman–Crippen LogP) is 3.28. The Balaban J connectivity index is 1.98. The largest absolute Gasteiger partial charge is 0.390 e. The Kier molecular flexibility index (Phi) is 3.98. The summed E-state index contributed by atoms with van der Waals surface area (Å²) in [6.45, 7) is 3.78. The first-order valence-corrected chi connectivity index (χ1v) is 5.47. The number of unbranched alkanes of at least 4 members (excludes halogenated alkanes) is 1. The van der Waals surface area contributed by atoms with E-state index in [0.717, 1.165) is 18.8 Å². The molecule has 1 heteroatoms. The lowest BCUT2D eigenvalue weighted by atomic mass is 9.96. The Morgan fingerprint density at radius 2 is 2.15 bits per heavy atom. The molecular weight excluding hydrogens is 160 g/mol. The van der Waals surface area contributed by atoms with Crippen LogP contribution in [0.2, 0.25) is 0 Å². The van der Waals surface area contributed by atoms with E-state index in [1.54, 1.807) is 0 Å². The second-order valence-corrected chi connectivity index (χ2v) is 4.82. The Bertz CT molecular complexity index is 164. The maximum Gasteiger partial charge on any atom is 0.0591 e. The maximum atomic E-state index is 9.50. The summed E-state index contributed by atoms with van der Waals surface area (Å²) >= 11 is 0. The van der Waals surface area contributed by atoms with Gasteiger partial charge < -0.3 is 5.11 Å². The number of allylic oxidation sites excluding steroid dienone is 2.